The predicted octanol–water partition coefficient (Wildman–Crippen LogP) is 2.66. The van der Waals surface area contributed by atoms with Crippen LogP contribution in [0.15, 0.2) is 18.2 Å². The van der Waals surface area contributed by atoms with E-state index in [9.17, 15) is 14.0 Å². The van der Waals surface area contributed by atoms with Crippen molar-refractivity contribution in [2.45, 2.75) is 44.6 Å². The molecule has 5 heteroatoms. The minimum absolute atomic E-state index is 0.0556. The number of amides is 1. The summed E-state index contributed by atoms with van der Waals surface area (Å²) in [7, 11) is 1.33. The lowest BCUT2D eigenvalue weighted by Gasteiger charge is -2.26. The normalized spacial score (nSPS) is 17.0. The van der Waals surface area contributed by atoms with Crippen LogP contribution in [0, 0.1) is 5.82 Å². The molecule has 0 aliphatic heterocycles. The quantitative estimate of drug-likeness (QED) is 0.849. The summed E-state index contributed by atoms with van der Waals surface area (Å²) in [5.74, 6) is -0.624. The predicted molar refractivity (Wildman–Crippen MR) is 76.1 cm³/mol. The van der Waals surface area contributed by atoms with Crippen LogP contribution in [0.5, 0.6) is 0 Å². The number of halogens is 1. The van der Waals surface area contributed by atoms with Gasteiger partial charge in [0, 0.05) is 12.8 Å². The van der Waals surface area contributed by atoms with Crippen molar-refractivity contribution in [1.29, 1.82) is 0 Å². The van der Waals surface area contributed by atoms with Crippen molar-refractivity contribution in [3.05, 3.63) is 35.1 Å². The van der Waals surface area contributed by atoms with Gasteiger partial charge in [0.05, 0.1) is 13.2 Å². The Kier molecular flexibility index (Phi) is 5.31. The van der Waals surface area contributed by atoms with Crippen LogP contribution in [0.25, 0.3) is 0 Å². The van der Waals surface area contributed by atoms with E-state index < -0.39 is 0 Å². The molecule has 2 rings (SSSR count). The summed E-state index contributed by atoms with van der Waals surface area (Å²) in [6, 6.07) is 4.68. The Morgan fingerprint density at radius 2 is 2.19 bits per heavy atom. The van der Waals surface area contributed by atoms with Crippen LogP contribution in [-0.2, 0) is 20.7 Å². The second-order valence-corrected chi connectivity index (χ2v) is 5.29. The number of hydrogen-bond donors (Lipinski definition) is 1. The monoisotopic (exact) mass is 293 g/mol. The number of rotatable bonds is 5. The highest BCUT2D eigenvalue weighted by molar-refractivity contribution is 5.77. The van der Waals surface area contributed by atoms with Gasteiger partial charge in [-0.05, 0) is 48.9 Å². The summed E-state index contributed by atoms with van der Waals surface area (Å²) in [6.45, 7) is 0. The zero-order valence-electron chi connectivity index (χ0n) is 12.2. The molecule has 0 radical (unpaired) electrons. The van der Waals surface area contributed by atoms with Crippen molar-refractivity contribution in [1.82, 2.24) is 5.32 Å². The smallest absolute Gasteiger partial charge is 0.305 e. The van der Waals surface area contributed by atoms with E-state index in [-0.39, 0.29) is 30.2 Å². The Hall–Kier alpha value is -1.91. The first-order valence-corrected chi connectivity index (χ1v) is 7.24. The maximum absolute atomic E-state index is 13.2. The summed E-state index contributed by atoms with van der Waals surface area (Å²) in [5, 5.41) is 2.97. The molecule has 0 aromatic heterocycles. The van der Waals surface area contributed by atoms with Gasteiger partial charge in [-0.1, -0.05) is 6.07 Å². The minimum atomic E-state index is -0.304. The molecule has 0 bridgehead atoms. The molecule has 1 amide bonds. The third-order valence-electron chi connectivity index (χ3n) is 3.77. The number of aryl methyl sites for hydroxylation is 1. The Morgan fingerprint density at radius 1 is 1.38 bits per heavy atom. The SMILES string of the molecule is COC(=O)CCCC(=O)NC1CCCc2cc(F)ccc21. The molecular formula is C16H20FNO3. The van der Waals surface area contributed by atoms with Gasteiger partial charge in [-0.2, -0.15) is 0 Å². The van der Waals surface area contributed by atoms with Crippen LogP contribution >= 0.6 is 0 Å². The number of hydrogen-bond acceptors (Lipinski definition) is 3. The van der Waals surface area contributed by atoms with Crippen molar-refractivity contribution < 1.29 is 18.7 Å². The topological polar surface area (TPSA) is 55.4 Å². The number of benzene rings is 1. The van der Waals surface area contributed by atoms with Gasteiger partial charge in [-0.25, -0.2) is 4.39 Å². The number of carbonyl (C=O) groups is 2. The second-order valence-electron chi connectivity index (χ2n) is 5.29. The summed E-state index contributed by atoms with van der Waals surface area (Å²) in [6.07, 6.45) is 3.66. The van der Waals surface area contributed by atoms with Gasteiger partial charge in [-0.15, -0.1) is 0 Å². The summed E-state index contributed by atoms with van der Waals surface area (Å²) in [5.41, 5.74) is 1.98. The zero-order chi connectivity index (χ0) is 15.2. The lowest BCUT2D eigenvalue weighted by atomic mass is 9.87. The molecule has 4 nitrogen and oxygen atoms in total. The third-order valence-corrected chi connectivity index (χ3v) is 3.77. The molecule has 0 spiro atoms. The zero-order valence-corrected chi connectivity index (χ0v) is 12.2. The molecular weight excluding hydrogens is 273 g/mol. The molecule has 21 heavy (non-hydrogen) atoms. The van der Waals surface area contributed by atoms with E-state index in [4.69, 9.17) is 0 Å². The molecule has 1 N–H and O–H groups in total. The van der Waals surface area contributed by atoms with E-state index in [0.717, 1.165) is 30.4 Å². The highest BCUT2D eigenvalue weighted by Crippen LogP contribution is 2.30. The van der Waals surface area contributed by atoms with Gasteiger partial charge in [0.15, 0.2) is 0 Å². The van der Waals surface area contributed by atoms with E-state index >= 15 is 0 Å². The molecule has 0 fully saturated rings. The molecule has 0 saturated heterocycles. The molecule has 1 unspecified atom stereocenters. The van der Waals surface area contributed by atoms with Gasteiger partial charge in [0.2, 0.25) is 5.91 Å². The Balaban J connectivity index is 1.89. The molecule has 1 aliphatic rings. The fourth-order valence-corrected chi connectivity index (χ4v) is 2.69. The van der Waals surface area contributed by atoms with Gasteiger partial charge in [0.1, 0.15) is 5.82 Å². The Morgan fingerprint density at radius 3 is 2.95 bits per heavy atom. The third kappa shape index (κ3) is 4.28. The maximum Gasteiger partial charge on any atom is 0.305 e. The van der Waals surface area contributed by atoms with Crippen LogP contribution in [-0.4, -0.2) is 19.0 Å². The number of carbonyl (C=O) groups excluding carboxylic acids is 2. The summed E-state index contributed by atoms with van der Waals surface area (Å²) < 4.78 is 17.8. The van der Waals surface area contributed by atoms with Gasteiger partial charge in [-0.3, -0.25) is 9.59 Å². The van der Waals surface area contributed by atoms with Crippen LogP contribution < -0.4 is 5.32 Å². The fraction of sp³-hybridized carbons (Fsp3) is 0.500. The van der Waals surface area contributed by atoms with Gasteiger partial charge < -0.3 is 10.1 Å². The molecule has 1 aromatic carbocycles. The average Bonchev–Trinajstić information content (AvgIpc) is 2.47. The standard InChI is InChI=1S/C16H20FNO3/c1-21-16(20)7-3-6-15(19)18-14-5-2-4-11-10-12(17)8-9-13(11)14/h8-10,14H,2-7H2,1H3,(H,18,19). The number of nitrogens with one attached hydrogen (secondary N) is 1. The molecule has 1 atom stereocenters. The molecule has 1 aromatic rings. The Bertz CT molecular complexity index is 530. The number of fused-ring (bicyclic) bond motifs is 1. The first-order valence-electron chi connectivity index (χ1n) is 7.24. The molecule has 114 valence electrons. The van der Waals surface area contributed by atoms with E-state index in [1.807, 2.05) is 0 Å². The second kappa shape index (κ2) is 7.20. The van der Waals surface area contributed by atoms with Crippen LogP contribution in [0.4, 0.5) is 4.39 Å². The van der Waals surface area contributed by atoms with Crippen LogP contribution in [0.3, 0.4) is 0 Å². The molecule has 1 aliphatic carbocycles. The average molecular weight is 293 g/mol. The highest BCUT2D eigenvalue weighted by atomic mass is 19.1. The molecule has 0 saturated carbocycles. The first-order chi connectivity index (χ1) is 10.1. The minimum Gasteiger partial charge on any atom is -0.469 e. The van der Waals surface area contributed by atoms with Crippen molar-refractivity contribution in [3.63, 3.8) is 0 Å². The Labute approximate surface area is 123 Å². The number of esters is 1. The van der Waals surface area contributed by atoms with Crippen LogP contribution in [0.1, 0.15) is 49.3 Å². The molecule has 0 heterocycles. The van der Waals surface area contributed by atoms with E-state index in [2.05, 4.69) is 10.1 Å². The van der Waals surface area contributed by atoms with Crippen molar-refractivity contribution in [3.8, 4) is 0 Å². The summed E-state index contributed by atoms with van der Waals surface area (Å²) >= 11 is 0. The summed E-state index contributed by atoms with van der Waals surface area (Å²) in [4.78, 5) is 22.9. The van der Waals surface area contributed by atoms with Gasteiger partial charge >= 0.3 is 5.97 Å². The van der Waals surface area contributed by atoms with E-state index in [1.165, 1.54) is 13.2 Å². The lowest BCUT2D eigenvalue weighted by Crippen LogP contribution is -2.30. The number of methoxy groups -OCH3 is 1. The van der Waals surface area contributed by atoms with Crippen molar-refractivity contribution >= 4 is 11.9 Å². The lowest BCUT2D eigenvalue weighted by molar-refractivity contribution is -0.140. The first kappa shape index (κ1) is 15.5. The van der Waals surface area contributed by atoms with Crippen LogP contribution in [0.2, 0.25) is 0 Å². The highest BCUT2D eigenvalue weighted by Gasteiger charge is 2.22. The van der Waals surface area contributed by atoms with E-state index in [0.29, 0.717) is 12.8 Å². The van der Waals surface area contributed by atoms with Crippen molar-refractivity contribution in [2.24, 2.45) is 0 Å². The largest absolute Gasteiger partial charge is 0.469 e. The van der Waals surface area contributed by atoms with E-state index in [1.54, 1.807) is 12.1 Å². The van der Waals surface area contributed by atoms with Gasteiger partial charge in [0.25, 0.3) is 0 Å². The maximum atomic E-state index is 13.2. The fourth-order valence-electron chi connectivity index (χ4n) is 2.69. The van der Waals surface area contributed by atoms with Crippen molar-refractivity contribution in [2.75, 3.05) is 7.11 Å². The number of ether oxygens (including phenoxy) is 1.